The summed E-state index contributed by atoms with van der Waals surface area (Å²) in [5, 5.41) is 8.92. The van der Waals surface area contributed by atoms with Crippen LogP contribution in [0.1, 0.15) is 12.5 Å². The number of rotatable bonds is 7. The van der Waals surface area contributed by atoms with Crippen molar-refractivity contribution >= 4 is 21.7 Å². The zero-order chi connectivity index (χ0) is 17.7. The molecule has 1 atom stereocenters. The lowest BCUT2D eigenvalue weighted by atomic mass is 10.0. The summed E-state index contributed by atoms with van der Waals surface area (Å²) in [4.78, 5) is 11.0. The Balaban J connectivity index is 2.13. The van der Waals surface area contributed by atoms with Gasteiger partial charge in [-0.25, -0.2) is 8.42 Å². The number of benzene rings is 2. The Morgan fingerprint density at radius 1 is 1.21 bits per heavy atom. The van der Waals surface area contributed by atoms with E-state index in [4.69, 9.17) is 9.84 Å². The number of hydrogen-bond donors (Lipinski definition) is 2. The molecule has 0 aromatic heterocycles. The molecule has 0 radical (unpaired) electrons. The number of nitrogens with one attached hydrogen (secondary N) is 1. The van der Waals surface area contributed by atoms with Gasteiger partial charge in [-0.05, 0) is 36.2 Å². The third-order valence-corrected chi connectivity index (χ3v) is 4.90. The Morgan fingerprint density at radius 2 is 1.88 bits per heavy atom. The van der Waals surface area contributed by atoms with Crippen LogP contribution in [-0.2, 0) is 21.2 Å². The Morgan fingerprint density at radius 3 is 2.46 bits per heavy atom. The van der Waals surface area contributed by atoms with Crippen LogP contribution in [0.2, 0.25) is 0 Å². The van der Waals surface area contributed by atoms with E-state index in [1.165, 1.54) is 19.2 Å². The highest BCUT2D eigenvalue weighted by Gasteiger charge is 2.15. The summed E-state index contributed by atoms with van der Waals surface area (Å²) in [5.41, 5.74) is 1.23. The number of carbonyl (C=O) groups is 1. The average Bonchev–Trinajstić information content (AvgIpc) is 2.56. The largest absolute Gasteiger partial charge is 0.497 e. The van der Waals surface area contributed by atoms with E-state index in [2.05, 4.69) is 4.72 Å². The minimum absolute atomic E-state index is 0.102. The Bertz CT molecular complexity index is 815. The molecule has 0 aliphatic rings. The fraction of sp³-hybridized carbons (Fsp3) is 0.235. The molecule has 0 spiro atoms. The molecule has 0 saturated carbocycles. The van der Waals surface area contributed by atoms with Crippen LogP contribution in [0.4, 0.5) is 5.69 Å². The van der Waals surface area contributed by atoms with Crippen molar-refractivity contribution in [1.82, 2.24) is 0 Å². The minimum Gasteiger partial charge on any atom is -0.497 e. The molecule has 0 saturated heterocycles. The van der Waals surface area contributed by atoms with E-state index in [9.17, 15) is 13.2 Å². The molecular weight excluding hydrogens is 330 g/mol. The fourth-order valence-corrected chi connectivity index (χ4v) is 3.23. The van der Waals surface area contributed by atoms with Crippen molar-refractivity contribution < 1.29 is 23.1 Å². The molecule has 2 aromatic rings. The first kappa shape index (κ1) is 17.8. The van der Waals surface area contributed by atoms with E-state index in [1.807, 2.05) is 0 Å². The van der Waals surface area contributed by atoms with Crippen molar-refractivity contribution in [3.63, 3.8) is 0 Å². The van der Waals surface area contributed by atoms with Crippen molar-refractivity contribution in [2.24, 2.45) is 5.92 Å². The molecule has 2 aromatic carbocycles. The summed E-state index contributed by atoms with van der Waals surface area (Å²) in [5.74, 6) is -0.905. The number of sulfonamides is 1. The van der Waals surface area contributed by atoms with E-state index >= 15 is 0 Å². The molecule has 0 amide bonds. The van der Waals surface area contributed by atoms with Crippen molar-refractivity contribution in [2.45, 2.75) is 18.2 Å². The lowest BCUT2D eigenvalue weighted by molar-refractivity contribution is -0.141. The van der Waals surface area contributed by atoms with Gasteiger partial charge in [-0.15, -0.1) is 0 Å². The van der Waals surface area contributed by atoms with E-state index in [0.29, 0.717) is 17.9 Å². The normalized spacial score (nSPS) is 12.4. The predicted octanol–water partition coefficient (Wildman–Crippen LogP) is 2.76. The van der Waals surface area contributed by atoms with Crippen LogP contribution < -0.4 is 9.46 Å². The van der Waals surface area contributed by atoms with Gasteiger partial charge in [0.1, 0.15) is 5.75 Å². The van der Waals surface area contributed by atoms with E-state index in [0.717, 1.165) is 5.56 Å². The van der Waals surface area contributed by atoms with Gasteiger partial charge < -0.3 is 9.84 Å². The van der Waals surface area contributed by atoms with Crippen molar-refractivity contribution in [3.8, 4) is 5.75 Å². The van der Waals surface area contributed by atoms with E-state index < -0.39 is 21.9 Å². The van der Waals surface area contributed by atoms with E-state index in [-0.39, 0.29) is 4.90 Å². The number of methoxy groups -OCH3 is 1. The molecule has 0 aliphatic carbocycles. The van der Waals surface area contributed by atoms with Crippen LogP contribution >= 0.6 is 0 Å². The van der Waals surface area contributed by atoms with Crippen LogP contribution in [0.5, 0.6) is 5.75 Å². The highest BCUT2D eigenvalue weighted by Crippen LogP contribution is 2.21. The van der Waals surface area contributed by atoms with Gasteiger partial charge in [-0.1, -0.05) is 25.1 Å². The minimum atomic E-state index is -3.72. The topological polar surface area (TPSA) is 92.7 Å². The number of carboxylic acids is 1. The first-order valence-corrected chi connectivity index (χ1v) is 8.79. The van der Waals surface area contributed by atoms with Crippen LogP contribution in [-0.4, -0.2) is 26.6 Å². The molecule has 6 nitrogen and oxygen atoms in total. The quantitative estimate of drug-likeness (QED) is 0.802. The molecule has 0 fully saturated rings. The molecular formula is C17H19NO5S. The summed E-state index contributed by atoms with van der Waals surface area (Å²) in [6.45, 7) is 1.63. The van der Waals surface area contributed by atoms with Crippen molar-refractivity contribution in [3.05, 3.63) is 54.1 Å². The van der Waals surface area contributed by atoms with Gasteiger partial charge in [0, 0.05) is 11.8 Å². The monoisotopic (exact) mass is 349 g/mol. The summed E-state index contributed by atoms with van der Waals surface area (Å²) in [7, 11) is -2.25. The summed E-state index contributed by atoms with van der Waals surface area (Å²) in [6, 6.07) is 12.8. The standard InChI is InChI=1S/C17H19NO5S/c1-12(17(19)20)10-13-6-8-14(9-7-13)18-24(21,22)16-5-3-4-15(11-16)23-2/h3-9,11-12,18H,10H2,1-2H3,(H,19,20). The third kappa shape index (κ3) is 4.48. The molecule has 0 aliphatic heterocycles. The fourth-order valence-electron chi connectivity index (χ4n) is 2.13. The molecule has 2 rings (SSSR count). The van der Waals surface area contributed by atoms with Crippen LogP contribution in [0.3, 0.4) is 0 Å². The molecule has 24 heavy (non-hydrogen) atoms. The van der Waals surface area contributed by atoms with Crippen LogP contribution in [0.25, 0.3) is 0 Å². The van der Waals surface area contributed by atoms with Crippen molar-refractivity contribution in [2.75, 3.05) is 11.8 Å². The number of anilines is 1. The molecule has 128 valence electrons. The highest BCUT2D eigenvalue weighted by atomic mass is 32.2. The van der Waals surface area contributed by atoms with Crippen LogP contribution in [0.15, 0.2) is 53.4 Å². The summed E-state index contributed by atoms with van der Waals surface area (Å²) in [6.07, 6.45) is 0.387. The van der Waals surface area contributed by atoms with Gasteiger partial charge in [0.2, 0.25) is 0 Å². The van der Waals surface area contributed by atoms with E-state index in [1.54, 1.807) is 43.3 Å². The van der Waals surface area contributed by atoms with Crippen molar-refractivity contribution in [1.29, 1.82) is 0 Å². The number of ether oxygens (including phenoxy) is 1. The first-order valence-electron chi connectivity index (χ1n) is 7.30. The molecule has 1 unspecified atom stereocenters. The number of carboxylic acid groups (broad SMARTS) is 1. The second-order valence-corrected chi connectivity index (χ2v) is 7.11. The van der Waals surface area contributed by atoms with Gasteiger partial charge in [-0.2, -0.15) is 0 Å². The highest BCUT2D eigenvalue weighted by molar-refractivity contribution is 7.92. The number of aliphatic carboxylic acids is 1. The number of hydrogen-bond acceptors (Lipinski definition) is 4. The van der Waals surface area contributed by atoms with Gasteiger partial charge >= 0.3 is 5.97 Å². The van der Waals surface area contributed by atoms with Gasteiger partial charge in [-0.3, -0.25) is 9.52 Å². The predicted molar refractivity (Wildman–Crippen MR) is 90.7 cm³/mol. The SMILES string of the molecule is COc1cccc(S(=O)(=O)Nc2ccc(CC(C)C(=O)O)cc2)c1. The average molecular weight is 349 g/mol. The maximum atomic E-state index is 12.4. The lowest BCUT2D eigenvalue weighted by Crippen LogP contribution is -2.14. The Kier molecular flexibility index (Phi) is 5.46. The zero-order valence-electron chi connectivity index (χ0n) is 13.4. The maximum absolute atomic E-state index is 12.4. The first-order chi connectivity index (χ1) is 11.3. The molecule has 0 bridgehead atoms. The zero-order valence-corrected chi connectivity index (χ0v) is 14.2. The molecule has 7 heteroatoms. The summed E-state index contributed by atoms with van der Waals surface area (Å²) < 4.78 is 32.3. The third-order valence-electron chi connectivity index (χ3n) is 3.52. The smallest absolute Gasteiger partial charge is 0.306 e. The van der Waals surface area contributed by atoms with Gasteiger partial charge in [0.15, 0.2) is 0 Å². The van der Waals surface area contributed by atoms with Crippen LogP contribution in [0, 0.1) is 5.92 Å². The summed E-state index contributed by atoms with van der Waals surface area (Å²) >= 11 is 0. The Labute approximate surface area is 141 Å². The van der Waals surface area contributed by atoms with Gasteiger partial charge in [0.05, 0.1) is 17.9 Å². The second kappa shape index (κ2) is 7.35. The lowest BCUT2D eigenvalue weighted by Gasteiger charge is -2.10. The molecule has 0 heterocycles. The second-order valence-electron chi connectivity index (χ2n) is 5.42. The Hall–Kier alpha value is -2.54. The van der Waals surface area contributed by atoms with Gasteiger partial charge in [0.25, 0.3) is 10.0 Å². The molecule has 2 N–H and O–H groups in total. The maximum Gasteiger partial charge on any atom is 0.306 e.